The largest absolute Gasteiger partial charge is 0.486 e. The number of nitrogens with zero attached hydrogens (tertiary/aromatic N) is 11. The number of nitrogens with one attached hydrogen (secondary N) is 2. The number of hydrogen-bond donors (Lipinski definition) is 8. The second-order valence-corrected chi connectivity index (χ2v) is 19.6. The van der Waals surface area contributed by atoms with Crippen LogP contribution in [-0.2, 0) is 27.2 Å². The standard InChI is InChI=1S/C24H40N8O4.C17H18F3NO.C13H20N6O4/c33-15-11-31(12-16-34)23-26-20-19(21(27-23)29-7-3-1-4-8-29)25-24(32(13-17-35)14-18-36)28-22(20)30-9-5-2-6-10-30;1-21-12-11-16(13-5-3-2-4-6-13)22-15-9-7-14(8-10-15)17(18,19)20;1-7(2)8(14)12(21)23-4-3-22-6-19-5-16-9-10(19)17-13(15)18-11(9)20/h33-36H,1-18H2;2-10,16,21H,11-12H2,1H3;5,7-8H,3-4,6,14H2,1-2H3,(H3,15,17,18,20)/t;;8-/m..0/s1. The van der Waals surface area contributed by atoms with Gasteiger partial charge in [0.1, 0.15) is 42.3 Å². The van der Waals surface area contributed by atoms with Crippen molar-refractivity contribution in [1.82, 2.24) is 44.8 Å². The number of hydrogen-bond acceptors (Lipinski definition) is 22. The van der Waals surface area contributed by atoms with Crippen molar-refractivity contribution in [1.29, 1.82) is 0 Å². The van der Waals surface area contributed by atoms with Crippen molar-refractivity contribution in [3.8, 4) is 5.75 Å². The average molecular weight is 1140 g/mol. The highest BCUT2D eigenvalue weighted by Gasteiger charge is 2.31. The summed E-state index contributed by atoms with van der Waals surface area (Å²) in [6, 6.07) is 13.8. The van der Waals surface area contributed by atoms with Gasteiger partial charge in [-0.3, -0.25) is 19.1 Å². The van der Waals surface area contributed by atoms with E-state index in [1.165, 1.54) is 35.9 Å². The van der Waals surface area contributed by atoms with E-state index in [2.05, 4.69) is 30.1 Å². The molecule has 0 saturated carbocycles. The molecule has 6 aromatic rings. The van der Waals surface area contributed by atoms with E-state index in [-0.39, 0.29) is 69.9 Å². The van der Waals surface area contributed by atoms with Gasteiger partial charge in [0.25, 0.3) is 5.56 Å². The first-order chi connectivity index (χ1) is 39.1. The molecule has 24 nitrogen and oxygen atoms in total. The number of aromatic amines is 1. The number of esters is 1. The molecule has 1 unspecified atom stereocenters. The molecule has 6 heterocycles. The van der Waals surface area contributed by atoms with Crippen LogP contribution in [-0.4, -0.2) is 177 Å². The zero-order valence-corrected chi connectivity index (χ0v) is 46.3. The first-order valence-electron chi connectivity index (χ1n) is 27.4. The molecule has 0 amide bonds. The van der Waals surface area contributed by atoms with Crippen molar-refractivity contribution in [2.24, 2.45) is 11.7 Å². The number of benzene rings is 2. The number of ether oxygens (including phenoxy) is 3. The Morgan fingerprint density at radius 1 is 0.753 bits per heavy atom. The number of aliphatic hydroxyl groups is 4. The van der Waals surface area contributed by atoms with Crippen molar-refractivity contribution >= 4 is 57.6 Å². The van der Waals surface area contributed by atoms with Gasteiger partial charge in [-0.15, -0.1) is 0 Å². The predicted octanol–water partition coefficient (Wildman–Crippen LogP) is 3.62. The maximum absolute atomic E-state index is 12.6. The lowest BCUT2D eigenvalue weighted by Gasteiger charge is -2.33. The van der Waals surface area contributed by atoms with Gasteiger partial charge >= 0.3 is 12.1 Å². The molecular weight excluding hydrogens is 1060 g/mol. The molecule has 10 N–H and O–H groups in total. The number of aliphatic hydroxyl groups excluding tert-OH is 4. The third kappa shape index (κ3) is 18.2. The van der Waals surface area contributed by atoms with Crippen molar-refractivity contribution in [2.75, 3.05) is 131 Å². The summed E-state index contributed by atoms with van der Waals surface area (Å²) in [5.41, 5.74) is 12.9. The molecule has 27 heteroatoms. The monoisotopic (exact) mass is 1140 g/mol. The van der Waals surface area contributed by atoms with E-state index in [4.69, 9.17) is 45.6 Å². The zero-order valence-electron chi connectivity index (χ0n) is 46.3. The number of carbonyl (C=O) groups is 1. The highest BCUT2D eigenvalue weighted by Crippen LogP contribution is 2.35. The average Bonchev–Trinajstić information content (AvgIpc) is 3.98. The smallest absolute Gasteiger partial charge is 0.416 e. The number of carbonyl (C=O) groups excluding carboxylic acids is 1. The van der Waals surface area contributed by atoms with Gasteiger partial charge in [0, 0.05) is 58.8 Å². The van der Waals surface area contributed by atoms with Crippen LogP contribution in [0.3, 0.4) is 0 Å². The molecular formula is C54H78F3N15O9. The Labute approximate surface area is 468 Å². The normalized spacial score (nSPS) is 14.5. The number of piperidine rings is 2. The van der Waals surface area contributed by atoms with E-state index >= 15 is 0 Å². The Morgan fingerprint density at radius 3 is 1.77 bits per heavy atom. The molecule has 2 fully saturated rings. The van der Waals surface area contributed by atoms with E-state index in [0.29, 0.717) is 60.5 Å². The molecule has 0 radical (unpaired) electrons. The lowest BCUT2D eigenvalue weighted by molar-refractivity contribution is -0.148. The van der Waals surface area contributed by atoms with E-state index in [1.807, 2.05) is 51.2 Å². The number of rotatable bonds is 25. The third-order valence-corrected chi connectivity index (χ3v) is 13.3. The number of nitrogen functional groups attached to an aromatic ring is 1. The van der Waals surface area contributed by atoms with Crippen molar-refractivity contribution < 1.29 is 52.6 Å². The highest BCUT2D eigenvalue weighted by atomic mass is 19.4. The SMILES string of the molecule is CC(C)[C@H](N)C(=O)OCCOCn1cnc2c(=O)[nH]c(N)nc21.CNCCC(Oc1ccc(C(F)(F)F)cc1)c1ccccc1.OCCN(CCO)c1nc(N2CCCCC2)c2nc(N(CCO)CCO)nc(N3CCCCC3)c2n1. The maximum atomic E-state index is 12.6. The topological polar surface area (TPSA) is 318 Å². The Kier molecular flexibility index (Phi) is 24.8. The minimum atomic E-state index is -4.33. The van der Waals surface area contributed by atoms with E-state index in [1.54, 1.807) is 9.80 Å². The van der Waals surface area contributed by atoms with Gasteiger partial charge in [0.15, 0.2) is 22.8 Å². The summed E-state index contributed by atoms with van der Waals surface area (Å²) in [4.78, 5) is 61.3. The number of halogens is 3. The van der Waals surface area contributed by atoms with Crippen LogP contribution < -0.4 is 46.7 Å². The molecule has 0 aliphatic carbocycles. The van der Waals surface area contributed by atoms with Crippen LogP contribution in [0.4, 0.5) is 42.7 Å². The summed E-state index contributed by atoms with van der Waals surface area (Å²) in [5.74, 6) is 2.33. The summed E-state index contributed by atoms with van der Waals surface area (Å²) in [6.45, 7) is 9.17. The second kappa shape index (κ2) is 31.8. The molecule has 4 aromatic heterocycles. The van der Waals surface area contributed by atoms with Crippen LogP contribution in [0.25, 0.3) is 22.2 Å². The van der Waals surface area contributed by atoms with Crippen LogP contribution in [0.5, 0.6) is 5.75 Å². The van der Waals surface area contributed by atoms with Gasteiger partial charge in [0.2, 0.25) is 17.8 Å². The summed E-state index contributed by atoms with van der Waals surface area (Å²) in [5, 5.41) is 41.6. The lowest BCUT2D eigenvalue weighted by Crippen LogP contribution is -2.37. The van der Waals surface area contributed by atoms with E-state index < -0.39 is 29.3 Å². The fourth-order valence-electron chi connectivity index (χ4n) is 8.93. The minimum absolute atomic E-state index is 0.000790. The predicted molar refractivity (Wildman–Crippen MR) is 302 cm³/mol. The van der Waals surface area contributed by atoms with Crippen LogP contribution in [0.1, 0.15) is 76.0 Å². The Morgan fingerprint density at radius 2 is 1.28 bits per heavy atom. The van der Waals surface area contributed by atoms with Crippen LogP contribution >= 0.6 is 0 Å². The summed E-state index contributed by atoms with van der Waals surface area (Å²) < 4.78 is 55.5. The Hall–Kier alpha value is -7.01. The van der Waals surface area contributed by atoms with Gasteiger partial charge in [-0.05, 0) is 87.9 Å². The molecule has 2 atom stereocenters. The van der Waals surface area contributed by atoms with Crippen molar-refractivity contribution in [3.05, 3.63) is 82.4 Å². The third-order valence-electron chi connectivity index (χ3n) is 13.3. The number of nitrogens with two attached hydrogens (primary N) is 2. The molecule has 2 aromatic carbocycles. The first-order valence-corrected chi connectivity index (χ1v) is 27.4. The Balaban J connectivity index is 0.000000205. The molecule has 2 saturated heterocycles. The second-order valence-electron chi connectivity index (χ2n) is 19.6. The fraction of sp³-hybridized carbons (Fsp3) is 0.556. The minimum Gasteiger partial charge on any atom is -0.486 e. The van der Waals surface area contributed by atoms with Crippen LogP contribution in [0, 0.1) is 5.92 Å². The molecule has 8 rings (SSSR count). The molecule has 2 aliphatic rings. The van der Waals surface area contributed by atoms with Crippen LogP contribution in [0.15, 0.2) is 65.7 Å². The molecule has 2 aliphatic heterocycles. The Bertz CT molecular complexity index is 2800. The quantitative estimate of drug-likeness (QED) is 0.0300. The van der Waals surface area contributed by atoms with Crippen molar-refractivity contribution in [3.63, 3.8) is 0 Å². The molecule has 0 bridgehead atoms. The summed E-state index contributed by atoms with van der Waals surface area (Å²) >= 11 is 0. The van der Waals surface area contributed by atoms with E-state index in [0.717, 1.165) is 94.2 Å². The number of H-pyrrole nitrogens is 1. The zero-order chi connectivity index (χ0) is 58.3. The van der Waals surface area contributed by atoms with Gasteiger partial charge in [-0.25, -0.2) is 15.0 Å². The summed E-state index contributed by atoms with van der Waals surface area (Å²) in [7, 11) is 1.85. The number of fused-ring (bicyclic) bond motifs is 2. The summed E-state index contributed by atoms with van der Waals surface area (Å²) in [6.07, 6.45) is 4.22. The van der Waals surface area contributed by atoms with Gasteiger partial charge in [-0.2, -0.15) is 28.1 Å². The van der Waals surface area contributed by atoms with Gasteiger partial charge in [-0.1, -0.05) is 44.2 Å². The van der Waals surface area contributed by atoms with Gasteiger partial charge in [0.05, 0.1) is 44.9 Å². The van der Waals surface area contributed by atoms with E-state index in [9.17, 15) is 43.2 Å². The number of imidazole rings is 1. The molecule has 81 heavy (non-hydrogen) atoms. The van der Waals surface area contributed by atoms with Gasteiger partial charge < -0.3 is 71.0 Å². The highest BCUT2D eigenvalue weighted by molar-refractivity contribution is 5.95. The maximum Gasteiger partial charge on any atom is 0.416 e. The molecule has 0 spiro atoms. The van der Waals surface area contributed by atoms with Crippen molar-refractivity contribution in [2.45, 2.75) is 83.8 Å². The molecule has 444 valence electrons. The van der Waals surface area contributed by atoms with Crippen LogP contribution in [0.2, 0.25) is 0 Å². The fourth-order valence-corrected chi connectivity index (χ4v) is 8.93. The number of anilines is 5. The lowest BCUT2D eigenvalue weighted by atomic mass is 10.1. The first kappa shape index (κ1) is 63.2. The number of alkyl halides is 3. The number of aromatic nitrogens is 8.